The van der Waals surface area contributed by atoms with E-state index in [1.807, 2.05) is 0 Å². The first kappa shape index (κ1) is 14.6. The highest BCUT2D eigenvalue weighted by atomic mass is 19.4. The van der Waals surface area contributed by atoms with Gasteiger partial charge in [-0.25, -0.2) is 8.78 Å². The highest BCUT2D eigenvalue weighted by Gasteiger charge is 2.43. The normalized spacial score (nSPS) is 18.6. The lowest BCUT2D eigenvalue weighted by molar-refractivity contribution is -0.385. The van der Waals surface area contributed by atoms with Crippen LogP contribution in [0.15, 0.2) is 18.2 Å². The van der Waals surface area contributed by atoms with Crippen molar-refractivity contribution < 1.29 is 26.9 Å². The summed E-state index contributed by atoms with van der Waals surface area (Å²) in [5, 5.41) is 10.6. The van der Waals surface area contributed by atoms with E-state index >= 15 is 0 Å². The zero-order valence-corrected chi connectivity index (χ0v) is 9.95. The van der Waals surface area contributed by atoms with Gasteiger partial charge in [0.05, 0.1) is 23.6 Å². The van der Waals surface area contributed by atoms with E-state index in [1.54, 1.807) is 0 Å². The summed E-state index contributed by atoms with van der Waals surface area (Å²) in [7, 11) is 0. The van der Waals surface area contributed by atoms with Crippen LogP contribution in [0.4, 0.5) is 27.6 Å². The Labute approximate surface area is 109 Å². The molecule has 0 radical (unpaired) electrons. The van der Waals surface area contributed by atoms with Crippen molar-refractivity contribution in [2.75, 3.05) is 13.1 Å². The van der Waals surface area contributed by atoms with Gasteiger partial charge in [0.1, 0.15) is 0 Å². The van der Waals surface area contributed by atoms with E-state index in [2.05, 4.69) is 0 Å². The molecule has 110 valence electrons. The van der Waals surface area contributed by atoms with Crippen molar-refractivity contribution in [3.63, 3.8) is 0 Å². The molecule has 1 fully saturated rings. The number of benzene rings is 1. The van der Waals surface area contributed by atoms with Gasteiger partial charge in [-0.15, -0.1) is 0 Å². The van der Waals surface area contributed by atoms with Crippen LogP contribution in [-0.4, -0.2) is 28.8 Å². The van der Waals surface area contributed by atoms with Crippen LogP contribution in [0.2, 0.25) is 0 Å². The summed E-state index contributed by atoms with van der Waals surface area (Å²) in [4.78, 5) is 10.9. The predicted octanol–water partition coefficient (Wildman–Crippen LogP) is 3.06. The van der Waals surface area contributed by atoms with Crippen molar-refractivity contribution in [3.05, 3.63) is 39.4 Å². The van der Waals surface area contributed by atoms with Gasteiger partial charge < -0.3 is 0 Å². The van der Waals surface area contributed by atoms with E-state index < -0.39 is 41.4 Å². The number of halogens is 5. The fourth-order valence-electron chi connectivity index (χ4n) is 2.01. The molecule has 2 rings (SSSR count). The molecule has 0 atom stereocenters. The lowest BCUT2D eigenvalue weighted by Crippen LogP contribution is -2.55. The Kier molecular flexibility index (Phi) is 3.41. The second kappa shape index (κ2) is 4.65. The highest BCUT2D eigenvalue weighted by molar-refractivity contribution is 5.40. The Morgan fingerprint density at radius 1 is 1.25 bits per heavy atom. The summed E-state index contributed by atoms with van der Waals surface area (Å²) in [6, 6.07) is 2.13. The molecule has 0 saturated carbocycles. The van der Waals surface area contributed by atoms with Crippen LogP contribution < -0.4 is 0 Å². The van der Waals surface area contributed by atoms with Crippen LogP contribution in [-0.2, 0) is 12.7 Å². The summed E-state index contributed by atoms with van der Waals surface area (Å²) >= 11 is 0. The van der Waals surface area contributed by atoms with Crippen LogP contribution in [0.1, 0.15) is 11.1 Å². The molecule has 0 aromatic heterocycles. The van der Waals surface area contributed by atoms with Gasteiger partial charge in [-0.2, -0.15) is 13.2 Å². The molecule has 0 bridgehead atoms. The van der Waals surface area contributed by atoms with E-state index in [1.165, 1.54) is 4.90 Å². The van der Waals surface area contributed by atoms with Crippen molar-refractivity contribution in [3.8, 4) is 0 Å². The number of likely N-dealkylation sites (tertiary alicyclic amines) is 1. The second-order valence-corrected chi connectivity index (χ2v) is 4.64. The van der Waals surface area contributed by atoms with Gasteiger partial charge in [0.2, 0.25) is 0 Å². The summed E-state index contributed by atoms with van der Waals surface area (Å²) in [5.74, 6) is -2.84. The van der Waals surface area contributed by atoms with Gasteiger partial charge in [0.25, 0.3) is 11.6 Å². The molecular formula is C11H9F5N2O2. The Morgan fingerprint density at radius 3 is 2.30 bits per heavy atom. The predicted molar refractivity (Wildman–Crippen MR) is 58.3 cm³/mol. The smallest absolute Gasteiger partial charge is 0.287 e. The largest absolute Gasteiger partial charge is 0.416 e. The van der Waals surface area contributed by atoms with Crippen molar-refractivity contribution in [1.29, 1.82) is 0 Å². The van der Waals surface area contributed by atoms with E-state index in [0.717, 1.165) is 12.1 Å². The minimum atomic E-state index is -4.72. The number of nitro benzene ring substituents is 1. The molecular weight excluding hydrogens is 287 g/mol. The number of hydrogen-bond donors (Lipinski definition) is 0. The van der Waals surface area contributed by atoms with Crippen LogP contribution in [0, 0.1) is 10.1 Å². The van der Waals surface area contributed by atoms with E-state index in [9.17, 15) is 32.1 Å². The zero-order valence-electron chi connectivity index (χ0n) is 9.95. The summed E-state index contributed by atoms with van der Waals surface area (Å²) in [5.41, 5.74) is -1.88. The molecule has 1 saturated heterocycles. The molecule has 0 spiro atoms. The van der Waals surface area contributed by atoms with E-state index in [0.29, 0.717) is 6.07 Å². The third-order valence-electron chi connectivity index (χ3n) is 2.83. The van der Waals surface area contributed by atoms with E-state index in [4.69, 9.17) is 0 Å². The molecule has 0 aliphatic carbocycles. The molecule has 1 aliphatic heterocycles. The second-order valence-electron chi connectivity index (χ2n) is 4.64. The van der Waals surface area contributed by atoms with Gasteiger partial charge in [0, 0.05) is 18.7 Å². The average molecular weight is 296 g/mol. The maximum absolute atomic E-state index is 12.6. The Bertz CT molecular complexity index is 536. The molecule has 0 amide bonds. The molecule has 20 heavy (non-hydrogen) atoms. The quantitative estimate of drug-likeness (QED) is 0.489. The van der Waals surface area contributed by atoms with Crippen molar-refractivity contribution in [1.82, 2.24) is 4.90 Å². The minimum absolute atomic E-state index is 0.0120. The lowest BCUT2D eigenvalue weighted by atomic mass is 10.1. The van der Waals surface area contributed by atoms with Crippen LogP contribution >= 0.6 is 0 Å². The fourth-order valence-corrected chi connectivity index (χ4v) is 2.01. The number of nitro groups is 1. The van der Waals surface area contributed by atoms with Gasteiger partial charge in [-0.1, -0.05) is 0 Å². The summed E-state index contributed by atoms with van der Waals surface area (Å²) in [6.07, 6.45) is -4.72. The Morgan fingerprint density at radius 2 is 1.85 bits per heavy atom. The molecule has 1 heterocycles. The van der Waals surface area contributed by atoms with Crippen molar-refractivity contribution in [2.45, 2.75) is 18.6 Å². The molecule has 1 aliphatic rings. The first-order valence-electron chi connectivity index (χ1n) is 5.53. The topological polar surface area (TPSA) is 46.4 Å². The standard InChI is InChI=1S/C11H9F5N2O2/c12-10(13)5-17(6-10)4-7-1-8(11(14,15)16)3-9(2-7)18(19)20/h1-3H,4-6H2. The third-order valence-corrected chi connectivity index (χ3v) is 2.83. The first-order chi connectivity index (χ1) is 9.07. The molecule has 4 nitrogen and oxygen atoms in total. The average Bonchev–Trinajstić information content (AvgIpc) is 2.24. The third kappa shape index (κ3) is 3.21. The number of alkyl halides is 5. The van der Waals surface area contributed by atoms with Crippen LogP contribution in [0.25, 0.3) is 0 Å². The van der Waals surface area contributed by atoms with Gasteiger partial charge in [0.15, 0.2) is 0 Å². The van der Waals surface area contributed by atoms with Crippen LogP contribution in [0.5, 0.6) is 0 Å². The fraction of sp³-hybridized carbons (Fsp3) is 0.455. The monoisotopic (exact) mass is 296 g/mol. The Balaban J connectivity index is 2.24. The first-order valence-corrected chi connectivity index (χ1v) is 5.53. The number of rotatable bonds is 3. The molecule has 1 aromatic carbocycles. The molecule has 9 heteroatoms. The summed E-state index contributed by atoms with van der Waals surface area (Å²) < 4.78 is 63.1. The maximum atomic E-state index is 12.6. The molecule has 1 aromatic rings. The molecule has 0 N–H and O–H groups in total. The zero-order chi connectivity index (χ0) is 15.1. The van der Waals surface area contributed by atoms with Crippen LogP contribution in [0.3, 0.4) is 0 Å². The SMILES string of the molecule is O=[N+]([O-])c1cc(CN2CC(F)(F)C2)cc(C(F)(F)F)c1. The number of hydrogen-bond acceptors (Lipinski definition) is 3. The lowest BCUT2D eigenvalue weighted by Gasteiger charge is -2.38. The van der Waals surface area contributed by atoms with Gasteiger partial charge >= 0.3 is 6.18 Å². The Hall–Kier alpha value is -1.77. The minimum Gasteiger partial charge on any atom is -0.287 e. The summed E-state index contributed by atoms with van der Waals surface area (Å²) in [6.45, 7) is -1.30. The van der Waals surface area contributed by atoms with Gasteiger partial charge in [-0.3, -0.25) is 15.0 Å². The maximum Gasteiger partial charge on any atom is 0.416 e. The van der Waals surface area contributed by atoms with Crippen molar-refractivity contribution in [2.24, 2.45) is 0 Å². The number of non-ortho nitro benzene ring substituents is 1. The van der Waals surface area contributed by atoms with Gasteiger partial charge in [-0.05, 0) is 11.6 Å². The molecule has 0 unspecified atom stereocenters. The van der Waals surface area contributed by atoms with E-state index in [-0.39, 0.29) is 12.1 Å². The number of nitrogens with zero attached hydrogens (tertiary/aromatic N) is 2. The highest BCUT2D eigenvalue weighted by Crippen LogP contribution is 2.34. The van der Waals surface area contributed by atoms with Crippen molar-refractivity contribution >= 4 is 5.69 Å².